The molecule has 0 aliphatic heterocycles. The van der Waals surface area contributed by atoms with Crippen molar-refractivity contribution in [2.24, 2.45) is 0 Å². The number of anilines is 1. The fraction of sp³-hybridized carbons (Fsp3) is 0.267. The van der Waals surface area contributed by atoms with Gasteiger partial charge in [-0.25, -0.2) is 14.8 Å². The van der Waals surface area contributed by atoms with E-state index in [9.17, 15) is 9.59 Å². The van der Waals surface area contributed by atoms with E-state index < -0.39 is 17.6 Å². The molecule has 0 saturated carbocycles. The van der Waals surface area contributed by atoms with Gasteiger partial charge < -0.3 is 18.9 Å². The number of nitrogens with one attached hydrogen (secondary N) is 1. The summed E-state index contributed by atoms with van der Waals surface area (Å²) in [6.45, 7) is 10.9. The van der Waals surface area contributed by atoms with Gasteiger partial charge in [0.15, 0.2) is 23.1 Å². The molecule has 0 saturated heterocycles. The normalized spacial score (nSPS) is 12.6. The third-order valence-corrected chi connectivity index (χ3v) is 6.50. The second kappa shape index (κ2) is 9.85. The molecule has 1 unspecified atom stereocenters. The fourth-order valence-electron chi connectivity index (χ4n) is 4.56. The molecule has 0 aliphatic rings. The van der Waals surface area contributed by atoms with Gasteiger partial charge in [0, 0.05) is 16.7 Å². The van der Waals surface area contributed by atoms with Crippen molar-refractivity contribution < 1.29 is 18.4 Å². The maximum absolute atomic E-state index is 13.6. The third kappa shape index (κ3) is 5.12. The summed E-state index contributed by atoms with van der Waals surface area (Å²) in [5, 5.41) is 3.98. The van der Waals surface area contributed by atoms with Crippen LogP contribution in [0.15, 0.2) is 62.5 Å². The molecule has 0 amide bonds. The van der Waals surface area contributed by atoms with Gasteiger partial charge in [0.25, 0.3) is 0 Å². The van der Waals surface area contributed by atoms with Crippen molar-refractivity contribution in [2.75, 3.05) is 5.32 Å². The van der Waals surface area contributed by atoms with Crippen molar-refractivity contribution in [1.29, 1.82) is 0 Å². The Kier molecular flexibility index (Phi) is 6.68. The molecule has 200 valence electrons. The zero-order valence-corrected chi connectivity index (χ0v) is 23.3. The fourth-order valence-corrected chi connectivity index (χ4v) is 4.71. The summed E-state index contributed by atoms with van der Waals surface area (Å²) in [5.74, 6) is -0.175. The van der Waals surface area contributed by atoms with Crippen molar-refractivity contribution in [3.8, 4) is 11.3 Å². The monoisotopic (exact) mass is 545 g/mol. The first-order chi connectivity index (χ1) is 18.4. The molecule has 0 aliphatic carbocycles. The predicted octanol–water partition coefficient (Wildman–Crippen LogP) is 7.39. The minimum atomic E-state index is -0.707. The van der Waals surface area contributed by atoms with Crippen molar-refractivity contribution >= 4 is 45.3 Å². The summed E-state index contributed by atoms with van der Waals surface area (Å²) < 4.78 is 17.5. The lowest BCUT2D eigenvalue weighted by atomic mass is 9.98. The van der Waals surface area contributed by atoms with Gasteiger partial charge in [-0.15, -0.1) is 0 Å². The van der Waals surface area contributed by atoms with Gasteiger partial charge in [-0.05, 0) is 77.4 Å². The molecule has 3 heterocycles. The van der Waals surface area contributed by atoms with Crippen LogP contribution in [0, 0.1) is 13.8 Å². The lowest BCUT2D eigenvalue weighted by molar-refractivity contribution is 0.00640. The molecule has 0 spiro atoms. The van der Waals surface area contributed by atoms with Crippen molar-refractivity contribution in [3.05, 3.63) is 86.6 Å². The second-order valence-corrected chi connectivity index (χ2v) is 10.9. The highest BCUT2D eigenvalue weighted by Gasteiger charge is 2.25. The standard InChI is InChI=1S/C30H28ClN3O5/c1-15-12-19(17(3)33-21-10-11-23(31)34-25(21)29(36)39-30(4,5)6)28-20(13-15)26(35)16(2)27(38-28)18-8-7-9-22-24(18)32-14-37-22/h7-14,17,33H,1-6H3. The van der Waals surface area contributed by atoms with Gasteiger partial charge in [0.2, 0.25) is 0 Å². The van der Waals surface area contributed by atoms with Crippen LogP contribution in [0.5, 0.6) is 0 Å². The predicted molar refractivity (Wildman–Crippen MR) is 151 cm³/mol. The van der Waals surface area contributed by atoms with Gasteiger partial charge in [-0.3, -0.25) is 4.79 Å². The molecule has 3 aromatic heterocycles. The van der Waals surface area contributed by atoms with Crippen LogP contribution in [0.25, 0.3) is 33.4 Å². The van der Waals surface area contributed by atoms with Crippen LogP contribution in [0.2, 0.25) is 5.15 Å². The Labute approximate surface area is 230 Å². The number of halogens is 1. The van der Waals surface area contributed by atoms with Crippen LogP contribution in [-0.2, 0) is 4.74 Å². The number of carbonyl (C=O) groups is 1. The highest BCUT2D eigenvalue weighted by atomic mass is 35.5. The molecule has 1 atom stereocenters. The van der Waals surface area contributed by atoms with Crippen LogP contribution >= 0.6 is 11.6 Å². The number of benzene rings is 2. The minimum Gasteiger partial charge on any atom is -0.455 e. The summed E-state index contributed by atoms with van der Waals surface area (Å²) in [5.41, 5.74) is 4.08. The molecule has 5 aromatic rings. The Morgan fingerprint density at radius 1 is 1.13 bits per heavy atom. The quantitative estimate of drug-likeness (QED) is 0.180. The molecule has 1 N–H and O–H groups in total. The second-order valence-electron chi connectivity index (χ2n) is 10.5. The molecule has 2 aromatic carbocycles. The number of nitrogens with zero attached hydrogens (tertiary/aromatic N) is 2. The van der Waals surface area contributed by atoms with E-state index in [0.29, 0.717) is 44.6 Å². The number of aromatic nitrogens is 2. The average molecular weight is 546 g/mol. The molecule has 0 radical (unpaired) electrons. The number of hydrogen-bond acceptors (Lipinski definition) is 8. The Bertz CT molecular complexity index is 1800. The van der Waals surface area contributed by atoms with Crippen molar-refractivity contribution in [3.63, 3.8) is 0 Å². The van der Waals surface area contributed by atoms with Gasteiger partial charge >= 0.3 is 5.97 Å². The van der Waals surface area contributed by atoms with E-state index in [1.807, 2.05) is 44.2 Å². The maximum atomic E-state index is 13.6. The van der Waals surface area contributed by atoms with Crippen molar-refractivity contribution in [1.82, 2.24) is 9.97 Å². The molecule has 0 bridgehead atoms. The highest BCUT2D eigenvalue weighted by Crippen LogP contribution is 2.35. The van der Waals surface area contributed by atoms with Gasteiger partial charge in [-0.2, -0.15) is 0 Å². The largest absolute Gasteiger partial charge is 0.455 e. The Morgan fingerprint density at radius 2 is 1.90 bits per heavy atom. The van der Waals surface area contributed by atoms with E-state index in [1.54, 1.807) is 39.8 Å². The van der Waals surface area contributed by atoms with Crippen LogP contribution in [0.4, 0.5) is 5.69 Å². The summed E-state index contributed by atoms with van der Waals surface area (Å²) in [6.07, 6.45) is 1.37. The number of aryl methyl sites for hydroxylation is 1. The SMILES string of the molecule is Cc1cc(C(C)Nc2ccc(Cl)nc2C(=O)OC(C)(C)C)c2oc(-c3cccc4ocnc34)c(C)c(=O)c2c1. The molecule has 39 heavy (non-hydrogen) atoms. The van der Waals surface area contributed by atoms with Crippen LogP contribution < -0.4 is 10.7 Å². The van der Waals surface area contributed by atoms with Gasteiger partial charge in [-0.1, -0.05) is 23.7 Å². The first kappa shape index (κ1) is 26.4. The molecular weight excluding hydrogens is 518 g/mol. The van der Waals surface area contributed by atoms with E-state index >= 15 is 0 Å². The van der Waals surface area contributed by atoms with Gasteiger partial charge in [0.05, 0.1) is 17.1 Å². The first-order valence-electron chi connectivity index (χ1n) is 12.5. The van der Waals surface area contributed by atoms with E-state index in [4.69, 9.17) is 25.2 Å². The van der Waals surface area contributed by atoms with E-state index in [0.717, 1.165) is 11.1 Å². The Balaban J connectivity index is 1.64. The number of carbonyl (C=O) groups excluding carboxylic acids is 1. The number of esters is 1. The topological polar surface area (TPSA) is 107 Å². The van der Waals surface area contributed by atoms with Crippen LogP contribution in [0.1, 0.15) is 60.9 Å². The number of para-hydroxylation sites is 1. The first-order valence-corrected chi connectivity index (χ1v) is 12.9. The lowest BCUT2D eigenvalue weighted by Crippen LogP contribution is -2.25. The lowest BCUT2D eigenvalue weighted by Gasteiger charge is -2.22. The number of rotatable bonds is 5. The number of hydrogen-bond donors (Lipinski definition) is 1. The number of ether oxygens (including phenoxy) is 1. The minimum absolute atomic E-state index is 0.0666. The van der Waals surface area contributed by atoms with E-state index in [-0.39, 0.29) is 16.3 Å². The summed E-state index contributed by atoms with van der Waals surface area (Å²) in [7, 11) is 0. The number of pyridine rings is 1. The van der Waals surface area contributed by atoms with Crippen molar-refractivity contribution in [2.45, 2.75) is 53.2 Å². The average Bonchev–Trinajstić information content (AvgIpc) is 3.35. The Hall–Kier alpha value is -4.17. The molecular formula is C30H28ClN3O5. The maximum Gasteiger partial charge on any atom is 0.359 e. The third-order valence-electron chi connectivity index (χ3n) is 6.29. The molecule has 8 nitrogen and oxygen atoms in total. The number of fused-ring (bicyclic) bond motifs is 2. The highest BCUT2D eigenvalue weighted by molar-refractivity contribution is 6.29. The van der Waals surface area contributed by atoms with E-state index in [2.05, 4.69) is 15.3 Å². The zero-order chi connectivity index (χ0) is 28.1. The smallest absolute Gasteiger partial charge is 0.359 e. The number of oxazole rings is 1. The summed E-state index contributed by atoms with van der Waals surface area (Å²) >= 11 is 6.12. The van der Waals surface area contributed by atoms with Crippen LogP contribution in [0.3, 0.4) is 0 Å². The van der Waals surface area contributed by atoms with E-state index in [1.165, 1.54) is 6.39 Å². The summed E-state index contributed by atoms with van der Waals surface area (Å²) in [4.78, 5) is 35.1. The molecule has 0 fully saturated rings. The Morgan fingerprint density at radius 3 is 2.64 bits per heavy atom. The summed E-state index contributed by atoms with van der Waals surface area (Å²) in [6, 6.07) is 12.2. The van der Waals surface area contributed by atoms with Gasteiger partial charge in [0.1, 0.15) is 27.6 Å². The van der Waals surface area contributed by atoms with Crippen LogP contribution in [-0.4, -0.2) is 21.5 Å². The molecule has 9 heteroatoms. The zero-order valence-electron chi connectivity index (χ0n) is 22.5. The molecule has 5 rings (SSSR count).